The van der Waals surface area contributed by atoms with Crippen LogP contribution in [0.15, 0.2) is 0 Å². The first-order valence-electron chi connectivity index (χ1n) is 7.28. The van der Waals surface area contributed by atoms with Gasteiger partial charge in [-0.2, -0.15) is 0 Å². The van der Waals surface area contributed by atoms with Gasteiger partial charge in [0.25, 0.3) is 0 Å². The van der Waals surface area contributed by atoms with Gasteiger partial charge in [0.2, 0.25) is 5.91 Å². The van der Waals surface area contributed by atoms with E-state index in [4.69, 9.17) is 5.11 Å². The van der Waals surface area contributed by atoms with E-state index in [1.807, 2.05) is 23.6 Å². The Morgan fingerprint density at radius 2 is 1.84 bits per heavy atom. The number of carbonyl (C=O) groups is 2. The van der Waals surface area contributed by atoms with Crippen molar-refractivity contribution in [1.82, 2.24) is 9.80 Å². The van der Waals surface area contributed by atoms with Crippen molar-refractivity contribution < 1.29 is 14.7 Å². The fraction of sp³-hybridized carbons (Fsp3) is 0.857. The summed E-state index contributed by atoms with van der Waals surface area (Å²) in [5.41, 5.74) is 0. The summed E-state index contributed by atoms with van der Waals surface area (Å²) in [6, 6.07) is 0. The van der Waals surface area contributed by atoms with Crippen LogP contribution in [0.2, 0.25) is 0 Å². The highest BCUT2D eigenvalue weighted by Crippen LogP contribution is 2.29. The number of hydrogen-bond acceptors (Lipinski definition) is 3. The van der Waals surface area contributed by atoms with Crippen molar-refractivity contribution in [3.8, 4) is 0 Å². The van der Waals surface area contributed by atoms with Gasteiger partial charge in [0.15, 0.2) is 0 Å². The zero-order chi connectivity index (χ0) is 14.3. The van der Waals surface area contributed by atoms with E-state index in [0.717, 1.165) is 26.1 Å². The predicted molar refractivity (Wildman–Crippen MR) is 74.0 cm³/mol. The molecule has 1 aliphatic rings. The van der Waals surface area contributed by atoms with Crippen LogP contribution < -0.4 is 0 Å². The lowest BCUT2D eigenvalue weighted by Crippen LogP contribution is -2.34. The number of carboxylic acid groups (broad SMARTS) is 1. The van der Waals surface area contributed by atoms with Gasteiger partial charge in [-0.25, -0.2) is 0 Å². The predicted octanol–water partition coefficient (Wildman–Crippen LogP) is 1.43. The van der Waals surface area contributed by atoms with Gasteiger partial charge in [-0.3, -0.25) is 14.5 Å². The highest BCUT2D eigenvalue weighted by Gasteiger charge is 2.25. The molecule has 0 unspecified atom stereocenters. The van der Waals surface area contributed by atoms with Crippen LogP contribution in [-0.2, 0) is 9.59 Å². The molecule has 110 valence electrons. The summed E-state index contributed by atoms with van der Waals surface area (Å²) >= 11 is 0. The number of amides is 1. The number of carbonyl (C=O) groups excluding carboxylic acids is 1. The highest BCUT2D eigenvalue weighted by molar-refractivity contribution is 5.76. The van der Waals surface area contributed by atoms with E-state index >= 15 is 0 Å². The number of rotatable bonds is 10. The summed E-state index contributed by atoms with van der Waals surface area (Å²) in [6.45, 7) is 7.11. The lowest BCUT2D eigenvalue weighted by atomic mass is 10.2. The summed E-state index contributed by atoms with van der Waals surface area (Å²) < 4.78 is 0. The minimum atomic E-state index is -0.782. The minimum Gasteiger partial charge on any atom is -0.480 e. The van der Waals surface area contributed by atoms with Gasteiger partial charge >= 0.3 is 5.97 Å². The Morgan fingerprint density at radius 1 is 1.21 bits per heavy atom. The smallest absolute Gasteiger partial charge is 0.317 e. The Labute approximate surface area is 115 Å². The van der Waals surface area contributed by atoms with Crippen molar-refractivity contribution in [1.29, 1.82) is 0 Å². The van der Waals surface area contributed by atoms with Crippen molar-refractivity contribution in [2.75, 3.05) is 32.7 Å². The molecule has 0 spiro atoms. The van der Waals surface area contributed by atoms with Gasteiger partial charge in [-0.1, -0.05) is 0 Å². The summed E-state index contributed by atoms with van der Waals surface area (Å²) in [7, 11) is 0. The number of hydrogen-bond donors (Lipinski definition) is 1. The van der Waals surface area contributed by atoms with Crippen LogP contribution in [0.1, 0.15) is 39.5 Å². The van der Waals surface area contributed by atoms with Crippen LogP contribution in [0.25, 0.3) is 0 Å². The van der Waals surface area contributed by atoms with Crippen molar-refractivity contribution in [3.05, 3.63) is 0 Å². The van der Waals surface area contributed by atoms with Gasteiger partial charge in [0.1, 0.15) is 0 Å². The molecule has 0 heterocycles. The maximum absolute atomic E-state index is 11.8. The Hall–Kier alpha value is -1.10. The van der Waals surface area contributed by atoms with Gasteiger partial charge in [-0.05, 0) is 45.6 Å². The average molecular weight is 270 g/mol. The molecule has 0 atom stereocenters. The fourth-order valence-corrected chi connectivity index (χ4v) is 2.28. The molecule has 0 radical (unpaired) electrons. The highest BCUT2D eigenvalue weighted by atomic mass is 16.4. The molecule has 0 saturated heterocycles. The Balaban J connectivity index is 2.26. The molecular weight excluding hydrogens is 244 g/mol. The number of carboxylic acids is 1. The first-order chi connectivity index (χ1) is 9.06. The topological polar surface area (TPSA) is 60.9 Å². The van der Waals surface area contributed by atoms with E-state index in [-0.39, 0.29) is 12.5 Å². The van der Waals surface area contributed by atoms with Crippen LogP contribution in [0.4, 0.5) is 0 Å². The largest absolute Gasteiger partial charge is 0.480 e. The summed E-state index contributed by atoms with van der Waals surface area (Å²) in [5, 5.41) is 8.87. The maximum Gasteiger partial charge on any atom is 0.317 e. The number of aliphatic carboxylic acids is 1. The average Bonchev–Trinajstić information content (AvgIpc) is 3.13. The molecule has 1 aliphatic carbocycles. The van der Waals surface area contributed by atoms with Gasteiger partial charge in [-0.15, -0.1) is 0 Å². The molecule has 5 heteroatoms. The third kappa shape index (κ3) is 6.57. The third-order valence-corrected chi connectivity index (χ3v) is 3.55. The van der Waals surface area contributed by atoms with Crippen molar-refractivity contribution >= 4 is 11.9 Å². The molecule has 19 heavy (non-hydrogen) atoms. The van der Waals surface area contributed by atoms with Crippen LogP contribution in [0.3, 0.4) is 0 Å². The van der Waals surface area contributed by atoms with Crippen LogP contribution in [-0.4, -0.2) is 59.5 Å². The lowest BCUT2D eigenvalue weighted by molar-refractivity contribution is -0.138. The molecule has 0 bridgehead atoms. The van der Waals surface area contributed by atoms with E-state index in [1.165, 1.54) is 12.8 Å². The second-order valence-corrected chi connectivity index (χ2v) is 5.24. The second kappa shape index (κ2) is 8.15. The molecular formula is C14H26N2O3. The van der Waals surface area contributed by atoms with Crippen LogP contribution in [0.5, 0.6) is 0 Å². The van der Waals surface area contributed by atoms with Crippen LogP contribution >= 0.6 is 0 Å². The standard InChI is InChI=1S/C14H26N2O3/c1-3-16(4-2)13(17)6-5-9-15(11-14(18)19)10-12-7-8-12/h12H,3-11H2,1-2H3,(H,18,19). The van der Waals surface area contributed by atoms with E-state index in [9.17, 15) is 9.59 Å². The quantitative estimate of drug-likeness (QED) is 0.652. The molecule has 1 fully saturated rings. The normalized spacial score (nSPS) is 14.7. The van der Waals surface area contributed by atoms with E-state index < -0.39 is 5.97 Å². The molecule has 1 saturated carbocycles. The summed E-state index contributed by atoms with van der Waals surface area (Å²) in [6.07, 6.45) is 3.70. The molecule has 0 aromatic rings. The molecule has 5 nitrogen and oxygen atoms in total. The molecule has 1 amide bonds. The SMILES string of the molecule is CCN(CC)C(=O)CCCN(CC(=O)O)CC1CC1. The van der Waals surface area contributed by atoms with E-state index in [0.29, 0.717) is 18.9 Å². The Bertz CT molecular complexity index is 299. The van der Waals surface area contributed by atoms with E-state index in [1.54, 1.807) is 0 Å². The lowest BCUT2D eigenvalue weighted by Gasteiger charge is -2.22. The van der Waals surface area contributed by atoms with Gasteiger partial charge in [0, 0.05) is 26.1 Å². The Morgan fingerprint density at radius 3 is 2.32 bits per heavy atom. The van der Waals surface area contributed by atoms with Crippen molar-refractivity contribution in [2.24, 2.45) is 5.92 Å². The van der Waals surface area contributed by atoms with Crippen LogP contribution in [0, 0.1) is 5.92 Å². The summed E-state index contributed by atoms with van der Waals surface area (Å²) in [5.74, 6) is 0.0697. The molecule has 0 aromatic heterocycles. The van der Waals surface area contributed by atoms with Gasteiger partial charge in [0.05, 0.1) is 6.54 Å². The molecule has 0 aromatic carbocycles. The van der Waals surface area contributed by atoms with E-state index in [2.05, 4.69) is 0 Å². The number of nitrogens with zero attached hydrogens (tertiary/aromatic N) is 2. The maximum atomic E-state index is 11.8. The second-order valence-electron chi connectivity index (χ2n) is 5.24. The van der Waals surface area contributed by atoms with Gasteiger partial charge < -0.3 is 10.0 Å². The molecule has 0 aliphatic heterocycles. The first kappa shape index (κ1) is 16.0. The fourth-order valence-electron chi connectivity index (χ4n) is 2.28. The monoisotopic (exact) mass is 270 g/mol. The minimum absolute atomic E-state index is 0.0932. The first-order valence-corrected chi connectivity index (χ1v) is 7.28. The zero-order valence-electron chi connectivity index (χ0n) is 12.1. The Kier molecular flexibility index (Phi) is 6.84. The molecule has 1 rings (SSSR count). The molecule has 1 N–H and O–H groups in total. The zero-order valence-corrected chi connectivity index (χ0v) is 12.1. The van der Waals surface area contributed by atoms with Crippen molar-refractivity contribution in [2.45, 2.75) is 39.5 Å². The third-order valence-electron chi connectivity index (χ3n) is 3.55. The van der Waals surface area contributed by atoms with Crippen molar-refractivity contribution in [3.63, 3.8) is 0 Å². The summed E-state index contributed by atoms with van der Waals surface area (Å²) in [4.78, 5) is 26.4.